The molecule has 94 valence electrons. The Kier molecular flexibility index (Phi) is 3.89. The third-order valence-electron chi connectivity index (χ3n) is 2.23. The molecule has 4 nitrogen and oxygen atoms in total. The molecule has 2 rings (SSSR count). The summed E-state index contributed by atoms with van der Waals surface area (Å²) in [7, 11) is 0. The number of carbonyl (C=O) groups is 1. The van der Waals surface area contributed by atoms with Crippen molar-refractivity contribution in [1.82, 2.24) is 4.98 Å². The number of rotatable bonds is 3. The van der Waals surface area contributed by atoms with E-state index in [0.29, 0.717) is 15.6 Å². The van der Waals surface area contributed by atoms with Gasteiger partial charge in [0.2, 0.25) is 0 Å². The molecule has 0 aliphatic rings. The Balaban J connectivity index is 2.52. The Bertz CT molecular complexity index is 560. The predicted octanol–water partition coefficient (Wildman–Crippen LogP) is 3.83. The third-order valence-corrected chi connectivity index (χ3v) is 2.86. The van der Waals surface area contributed by atoms with Gasteiger partial charge in [0.15, 0.2) is 17.8 Å². The second-order valence-electron chi connectivity index (χ2n) is 3.35. The first-order chi connectivity index (χ1) is 8.65. The lowest BCUT2D eigenvalue weighted by Crippen LogP contribution is -2.06. The summed E-state index contributed by atoms with van der Waals surface area (Å²) in [5.41, 5.74) is 0.494. The fourth-order valence-electron chi connectivity index (χ4n) is 1.48. The van der Waals surface area contributed by atoms with Crippen LogP contribution in [-0.4, -0.2) is 17.6 Å². The van der Waals surface area contributed by atoms with Crippen LogP contribution in [0, 0.1) is 0 Å². The van der Waals surface area contributed by atoms with Crippen LogP contribution < -0.4 is 0 Å². The average molecular weight is 286 g/mol. The second kappa shape index (κ2) is 5.42. The standard InChI is InChI=1S/C12H9Cl2NO3/c1-2-17-12(16)10-11(18-6-15-10)9-7(13)4-3-5-8(9)14/h3-6H,2H2,1H3. The highest BCUT2D eigenvalue weighted by molar-refractivity contribution is 6.39. The number of carbonyl (C=O) groups excluding carboxylic acids is 1. The Morgan fingerprint density at radius 1 is 1.39 bits per heavy atom. The van der Waals surface area contributed by atoms with Crippen LogP contribution in [0.5, 0.6) is 0 Å². The number of nitrogens with zero attached hydrogens (tertiary/aromatic N) is 1. The van der Waals surface area contributed by atoms with Crippen LogP contribution in [0.3, 0.4) is 0 Å². The minimum atomic E-state index is -0.572. The van der Waals surface area contributed by atoms with Crippen molar-refractivity contribution in [2.75, 3.05) is 6.61 Å². The molecule has 0 saturated carbocycles. The maximum atomic E-state index is 11.7. The van der Waals surface area contributed by atoms with Gasteiger partial charge >= 0.3 is 5.97 Å². The number of hydrogen-bond acceptors (Lipinski definition) is 4. The number of esters is 1. The van der Waals surface area contributed by atoms with Crippen LogP contribution in [0.25, 0.3) is 11.3 Å². The SMILES string of the molecule is CCOC(=O)c1ncoc1-c1c(Cl)cccc1Cl. The van der Waals surface area contributed by atoms with E-state index in [-0.39, 0.29) is 18.1 Å². The van der Waals surface area contributed by atoms with E-state index in [0.717, 1.165) is 6.39 Å². The summed E-state index contributed by atoms with van der Waals surface area (Å²) >= 11 is 12.1. The van der Waals surface area contributed by atoms with Gasteiger partial charge < -0.3 is 9.15 Å². The van der Waals surface area contributed by atoms with Crippen LogP contribution in [0.4, 0.5) is 0 Å². The van der Waals surface area contributed by atoms with E-state index >= 15 is 0 Å². The maximum absolute atomic E-state index is 11.7. The van der Waals surface area contributed by atoms with Gasteiger partial charge in [0.25, 0.3) is 0 Å². The van der Waals surface area contributed by atoms with Gasteiger partial charge in [0.1, 0.15) is 0 Å². The van der Waals surface area contributed by atoms with Gasteiger partial charge in [-0.15, -0.1) is 0 Å². The molecular formula is C12H9Cl2NO3. The van der Waals surface area contributed by atoms with Crippen LogP contribution in [0.1, 0.15) is 17.4 Å². The Labute approximate surface area is 113 Å². The Morgan fingerprint density at radius 2 is 2.06 bits per heavy atom. The highest BCUT2D eigenvalue weighted by Gasteiger charge is 2.22. The molecule has 1 aromatic heterocycles. The molecule has 18 heavy (non-hydrogen) atoms. The number of benzene rings is 1. The summed E-state index contributed by atoms with van der Waals surface area (Å²) in [5.74, 6) is -0.360. The molecule has 1 aromatic carbocycles. The van der Waals surface area contributed by atoms with Gasteiger partial charge in [-0.3, -0.25) is 0 Å². The Morgan fingerprint density at radius 3 is 2.67 bits per heavy atom. The molecule has 0 aliphatic heterocycles. The van der Waals surface area contributed by atoms with Crippen molar-refractivity contribution >= 4 is 29.2 Å². The molecule has 0 unspecified atom stereocenters. The number of ether oxygens (including phenoxy) is 1. The number of oxazole rings is 1. The summed E-state index contributed by atoms with van der Waals surface area (Å²) in [5, 5.41) is 0.759. The van der Waals surface area contributed by atoms with Gasteiger partial charge in [-0.2, -0.15) is 0 Å². The summed E-state index contributed by atoms with van der Waals surface area (Å²) in [6, 6.07) is 5.01. The van der Waals surface area contributed by atoms with E-state index < -0.39 is 5.97 Å². The quantitative estimate of drug-likeness (QED) is 0.805. The van der Waals surface area contributed by atoms with Crippen LogP contribution in [0.15, 0.2) is 29.0 Å². The topological polar surface area (TPSA) is 52.3 Å². The third kappa shape index (κ3) is 2.35. The van der Waals surface area contributed by atoms with Gasteiger partial charge in [-0.1, -0.05) is 29.3 Å². The van der Waals surface area contributed by atoms with Crippen molar-refractivity contribution in [2.24, 2.45) is 0 Å². The Hall–Kier alpha value is -1.52. The molecule has 0 atom stereocenters. The molecule has 2 aromatic rings. The number of aromatic nitrogens is 1. The van der Waals surface area contributed by atoms with Crippen molar-refractivity contribution < 1.29 is 13.9 Å². The number of halogens is 2. The van der Waals surface area contributed by atoms with Crippen molar-refractivity contribution in [3.63, 3.8) is 0 Å². The molecule has 6 heteroatoms. The zero-order valence-electron chi connectivity index (χ0n) is 9.44. The highest BCUT2D eigenvalue weighted by atomic mass is 35.5. The fraction of sp³-hybridized carbons (Fsp3) is 0.167. The summed E-state index contributed by atoms with van der Waals surface area (Å²) in [6.45, 7) is 1.96. The predicted molar refractivity (Wildman–Crippen MR) is 67.9 cm³/mol. The van der Waals surface area contributed by atoms with Gasteiger partial charge in [-0.05, 0) is 19.1 Å². The highest BCUT2D eigenvalue weighted by Crippen LogP contribution is 2.36. The molecular weight excluding hydrogens is 277 g/mol. The zero-order chi connectivity index (χ0) is 13.1. The zero-order valence-corrected chi connectivity index (χ0v) is 11.0. The lowest BCUT2D eigenvalue weighted by molar-refractivity contribution is 0.0520. The first kappa shape index (κ1) is 12.9. The minimum absolute atomic E-state index is 0.0619. The second-order valence-corrected chi connectivity index (χ2v) is 4.16. The summed E-state index contributed by atoms with van der Waals surface area (Å²) in [6.07, 6.45) is 1.15. The summed E-state index contributed by atoms with van der Waals surface area (Å²) in [4.78, 5) is 15.5. The molecule has 0 amide bonds. The lowest BCUT2D eigenvalue weighted by atomic mass is 10.1. The summed E-state index contributed by atoms with van der Waals surface area (Å²) < 4.78 is 10.1. The van der Waals surface area contributed by atoms with E-state index in [2.05, 4.69) is 4.98 Å². The lowest BCUT2D eigenvalue weighted by Gasteiger charge is -2.05. The van der Waals surface area contributed by atoms with Gasteiger partial charge in [-0.25, -0.2) is 9.78 Å². The largest absolute Gasteiger partial charge is 0.461 e. The average Bonchev–Trinajstić information content (AvgIpc) is 2.78. The van der Waals surface area contributed by atoms with Crippen molar-refractivity contribution in [3.05, 3.63) is 40.3 Å². The molecule has 0 fully saturated rings. The first-order valence-electron chi connectivity index (χ1n) is 5.20. The first-order valence-corrected chi connectivity index (χ1v) is 5.95. The molecule has 0 spiro atoms. The molecule has 0 aliphatic carbocycles. The molecule has 0 bridgehead atoms. The van der Waals surface area contributed by atoms with Crippen LogP contribution >= 0.6 is 23.2 Å². The molecule has 0 saturated heterocycles. The van der Waals surface area contributed by atoms with E-state index in [1.807, 2.05) is 0 Å². The minimum Gasteiger partial charge on any atom is -0.461 e. The van der Waals surface area contributed by atoms with E-state index in [1.165, 1.54) is 0 Å². The van der Waals surface area contributed by atoms with Crippen molar-refractivity contribution in [2.45, 2.75) is 6.92 Å². The van der Waals surface area contributed by atoms with Gasteiger partial charge in [0, 0.05) is 0 Å². The number of hydrogen-bond donors (Lipinski definition) is 0. The van der Waals surface area contributed by atoms with E-state index in [1.54, 1.807) is 25.1 Å². The van der Waals surface area contributed by atoms with Gasteiger partial charge in [0.05, 0.1) is 22.2 Å². The van der Waals surface area contributed by atoms with Crippen molar-refractivity contribution in [1.29, 1.82) is 0 Å². The molecule has 0 radical (unpaired) electrons. The van der Waals surface area contributed by atoms with E-state index in [4.69, 9.17) is 32.4 Å². The monoisotopic (exact) mass is 285 g/mol. The maximum Gasteiger partial charge on any atom is 0.360 e. The fourth-order valence-corrected chi connectivity index (χ4v) is 2.05. The van der Waals surface area contributed by atoms with E-state index in [9.17, 15) is 4.79 Å². The molecule has 0 N–H and O–H groups in total. The van der Waals surface area contributed by atoms with Crippen LogP contribution in [-0.2, 0) is 4.74 Å². The van der Waals surface area contributed by atoms with Crippen LogP contribution in [0.2, 0.25) is 10.0 Å². The smallest absolute Gasteiger partial charge is 0.360 e. The molecule has 1 heterocycles. The normalized spacial score (nSPS) is 10.4. The van der Waals surface area contributed by atoms with Crippen molar-refractivity contribution in [3.8, 4) is 11.3 Å².